The number of carbonyl (C=O) groups excluding carboxylic acids is 1. The van der Waals surface area contributed by atoms with Crippen molar-refractivity contribution in [2.45, 2.75) is 25.9 Å². The Morgan fingerprint density at radius 2 is 2.09 bits per heavy atom. The predicted molar refractivity (Wildman–Crippen MR) is 88.0 cm³/mol. The minimum absolute atomic E-state index is 0.177. The van der Waals surface area contributed by atoms with Gasteiger partial charge >= 0.3 is 6.03 Å². The van der Waals surface area contributed by atoms with Gasteiger partial charge < -0.3 is 15.3 Å². The van der Waals surface area contributed by atoms with Crippen LogP contribution in [0.25, 0.3) is 11.4 Å². The van der Waals surface area contributed by atoms with Crippen LogP contribution in [0.15, 0.2) is 36.5 Å². The number of anilines is 1. The molecule has 2 heterocycles. The lowest BCUT2D eigenvalue weighted by atomic mass is 10.1. The molecule has 0 bridgehead atoms. The zero-order chi connectivity index (χ0) is 16.2. The summed E-state index contributed by atoms with van der Waals surface area (Å²) >= 11 is 0. The molecule has 1 atom stereocenters. The number of urea groups is 1. The number of carbonyl (C=O) groups is 1. The van der Waals surface area contributed by atoms with Gasteiger partial charge in [-0.25, -0.2) is 14.8 Å². The van der Waals surface area contributed by atoms with E-state index in [9.17, 15) is 9.90 Å². The normalized spacial score (nSPS) is 17.8. The van der Waals surface area contributed by atoms with E-state index in [4.69, 9.17) is 0 Å². The summed E-state index contributed by atoms with van der Waals surface area (Å²) < 4.78 is 0. The second-order valence-electron chi connectivity index (χ2n) is 5.77. The van der Waals surface area contributed by atoms with Gasteiger partial charge in [0.1, 0.15) is 0 Å². The Morgan fingerprint density at radius 3 is 2.78 bits per heavy atom. The van der Waals surface area contributed by atoms with Crippen LogP contribution < -0.4 is 5.32 Å². The van der Waals surface area contributed by atoms with Crippen LogP contribution in [0.1, 0.15) is 18.5 Å². The average molecular weight is 312 g/mol. The zero-order valence-corrected chi connectivity index (χ0v) is 13.1. The minimum atomic E-state index is -0.421. The maximum absolute atomic E-state index is 12.2. The molecular formula is C17H20N4O2. The number of aliphatic hydroxyl groups is 1. The number of aromatic nitrogens is 2. The molecule has 0 aliphatic carbocycles. The highest BCUT2D eigenvalue weighted by Gasteiger charge is 2.21. The summed E-state index contributed by atoms with van der Waals surface area (Å²) in [4.78, 5) is 22.5. The van der Waals surface area contributed by atoms with E-state index in [-0.39, 0.29) is 6.03 Å². The quantitative estimate of drug-likeness (QED) is 0.893. The molecule has 2 amide bonds. The maximum Gasteiger partial charge on any atom is 0.321 e. The molecule has 1 unspecified atom stereocenters. The number of nitrogens with one attached hydrogen (secondary N) is 1. The molecule has 0 radical (unpaired) electrons. The number of benzene rings is 1. The Kier molecular flexibility index (Phi) is 4.52. The maximum atomic E-state index is 12.2. The minimum Gasteiger partial charge on any atom is -0.391 e. The number of rotatable bonds is 2. The summed E-state index contributed by atoms with van der Waals surface area (Å²) in [6.45, 7) is 2.99. The number of β-amino-alcohol motifs (C(OH)–C–C–N with tert-alkyl or cyclic N) is 1. The molecule has 1 fully saturated rings. The molecule has 2 N–H and O–H groups in total. The molecule has 0 spiro atoms. The van der Waals surface area contributed by atoms with Crippen molar-refractivity contribution in [2.75, 3.05) is 18.4 Å². The van der Waals surface area contributed by atoms with Crippen molar-refractivity contribution in [2.24, 2.45) is 0 Å². The van der Waals surface area contributed by atoms with Gasteiger partial charge in [0.2, 0.25) is 0 Å². The lowest BCUT2D eigenvalue weighted by Gasteiger charge is -2.30. The van der Waals surface area contributed by atoms with E-state index in [1.807, 2.05) is 37.3 Å². The smallest absolute Gasteiger partial charge is 0.321 e. The number of nitrogens with zero attached hydrogens (tertiary/aromatic N) is 3. The Balaban J connectivity index is 1.66. The number of aliphatic hydroxyl groups excluding tert-OH is 1. The van der Waals surface area contributed by atoms with Gasteiger partial charge in [-0.2, -0.15) is 0 Å². The molecule has 1 aliphatic heterocycles. The van der Waals surface area contributed by atoms with E-state index in [0.29, 0.717) is 24.6 Å². The van der Waals surface area contributed by atoms with Gasteiger partial charge in [-0.05, 0) is 50.1 Å². The van der Waals surface area contributed by atoms with Gasteiger partial charge in [0, 0.05) is 36.2 Å². The fraction of sp³-hybridized carbons (Fsp3) is 0.353. The largest absolute Gasteiger partial charge is 0.391 e. The van der Waals surface area contributed by atoms with Gasteiger partial charge in [-0.15, -0.1) is 0 Å². The van der Waals surface area contributed by atoms with Gasteiger partial charge in [-0.3, -0.25) is 0 Å². The van der Waals surface area contributed by atoms with E-state index < -0.39 is 6.10 Å². The molecule has 6 heteroatoms. The molecule has 0 saturated carbocycles. The van der Waals surface area contributed by atoms with E-state index in [2.05, 4.69) is 15.3 Å². The Hall–Kier alpha value is -2.47. The highest BCUT2D eigenvalue weighted by molar-refractivity contribution is 5.89. The van der Waals surface area contributed by atoms with Crippen molar-refractivity contribution in [3.8, 4) is 11.4 Å². The average Bonchev–Trinajstić information content (AvgIpc) is 2.55. The third-order valence-corrected chi connectivity index (χ3v) is 3.87. The Labute approximate surface area is 135 Å². The molecule has 120 valence electrons. The summed E-state index contributed by atoms with van der Waals surface area (Å²) in [5.41, 5.74) is 2.53. The molecular weight excluding hydrogens is 292 g/mol. The van der Waals surface area contributed by atoms with E-state index in [1.54, 1.807) is 11.1 Å². The number of hydrogen-bond donors (Lipinski definition) is 2. The molecule has 1 saturated heterocycles. The van der Waals surface area contributed by atoms with Crippen molar-refractivity contribution >= 4 is 11.7 Å². The van der Waals surface area contributed by atoms with Gasteiger partial charge in [0.25, 0.3) is 0 Å². The Morgan fingerprint density at radius 1 is 1.30 bits per heavy atom. The van der Waals surface area contributed by atoms with Crippen molar-refractivity contribution in [3.05, 3.63) is 42.2 Å². The first-order valence-corrected chi connectivity index (χ1v) is 7.76. The zero-order valence-electron chi connectivity index (χ0n) is 13.1. The standard InChI is InChI=1S/C17H20N4O2/c1-12-8-9-18-16(19-12)13-4-6-14(7-5-13)20-17(23)21-10-2-3-15(22)11-21/h4-9,15,22H,2-3,10-11H2,1H3,(H,20,23). The number of likely N-dealkylation sites (tertiary alicyclic amines) is 1. The van der Waals surface area contributed by atoms with Crippen LogP contribution in [0, 0.1) is 6.92 Å². The molecule has 1 aliphatic rings. The molecule has 1 aromatic carbocycles. The first-order valence-electron chi connectivity index (χ1n) is 7.76. The number of amides is 2. The highest BCUT2D eigenvalue weighted by Crippen LogP contribution is 2.19. The third kappa shape index (κ3) is 3.84. The molecule has 1 aromatic heterocycles. The molecule has 23 heavy (non-hydrogen) atoms. The van der Waals surface area contributed by atoms with Gasteiger partial charge in [0.15, 0.2) is 5.82 Å². The van der Waals surface area contributed by atoms with E-state index >= 15 is 0 Å². The van der Waals surface area contributed by atoms with Gasteiger partial charge in [0.05, 0.1) is 6.10 Å². The number of piperidine rings is 1. The third-order valence-electron chi connectivity index (χ3n) is 3.87. The summed E-state index contributed by atoms with van der Waals surface area (Å²) in [6.07, 6.45) is 2.90. The molecule has 6 nitrogen and oxygen atoms in total. The molecule has 3 rings (SSSR count). The van der Waals surface area contributed by atoms with Crippen LogP contribution in [0.5, 0.6) is 0 Å². The predicted octanol–water partition coefficient (Wildman–Crippen LogP) is 2.44. The Bertz CT molecular complexity index is 687. The van der Waals surface area contributed by atoms with Crippen LogP contribution in [-0.4, -0.2) is 45.2 Å². The topological polar surface area (TPSA) is 78.4 Å². The summed E-state index contributed by atoms with van der Waals surface area (Å²) in [5.74, 6) is 0.669. The number of hydrogen-bond acceptors (Lipinski definition) is 4. The molecule has 2 aromatic rings. The lowest BCUT2D eigenvalue weighted by molar-refractivity contribution is 0.0883. The van der Waals surface area contributed by atoms with E-state index in [1.165, 1.54) is 0 Å². The second kappa shape index (κ2) is 6.75. The monoisotopic (exact) mass is 312 g/mol. The second-order valence-corrected chi connectivity index (χ2v) is 5.77. The van der Waals surface area contributed by atoms with Crippen LogP contribution in [-0.2, 0) is 0 Å². The van der Waals surface area contributed by atoms with Crippen molar-refractivity contribution in [3.63, 3.8) is 0 Å². The number of aryl methyl sites for hydroxylation is 1. The highest BCUT2D eigenvalue weighted by atomic mass is 16.3. The summed E-state index contributed by atoms with van der Waals surface area (Å²) in [5, 5.41) is 12.5. The summed E-state index contributed by atoms with van der Waals surface area (Å²) in [7, 11) is 0. The first kappa shape index (κ1) is 15.4. The van der Waals surface area contributed by atoms with E-state index in [0.717, 1.165) is 24.1 Å². The van der Waals surface area contributed by atoms with Crippen LogP contribution >= 0.6 is 0 Å². The van der Waals surface area contributed by atoms with Crippen LogP contribution in [0.2, 0.25) is 0 Å². The SMILES string of the molecule is Cc1ccnc(-c2ccc(NC(=O)N3CCCC(O)C3)cc2)n1. The van der Waals surface area contributed by atoms with Crippen molar-refractivity contribution in [1.82, 2.24) is 14.9 Å². The van der Waals surface area contributed by atoms with Crippen molar-refractivity contribution < 1.29 is 9.90 Å². The summed E-state index contributed by atoms with van der Waals surface area (Å²) in [6, 6.07) is 9.11. The van der Waals surface area contributed by atoms with Gasteiger partial charge in [-0.1, -0.05) is 0 Å². The van der Waals surface area contributed by atoms with Crippen LogP contribution in [0.4, 0.5) is 10.5 Å². The van der Waals surface area contributed by atoms with Crippen LogP contribution in [0.3, 0.4) is 0 Å². The first-order chi connectivity index (χ1) is 11.1. The fourth-order valence-corrected chi connectivity index (χ4v) is 2.63. The fourth-order valence-electron chi connectivity index (χ4n) is 2.63. The van der Waals surface area contributed by atoms with Crippen molar-refractivity contribution in [1.29, 1.82) is 0 Å². The lowest BCUT2D eigenvalue weighted by Crippen LogP contribution is -2.44.